The Morgan fingerprint density at radius 3 is 2.97 bits per heavy atom. The number of piperidine rings is 1. The number of esters is 1. The van der Waals surface area contributed by atoms with Crippen molar-refractivity contribution in [1.82, 2.24) is 14.9 Å². The summed E-state index contributed by atoms with van der Waals surface area (Å²) < 4.78 is 17.1. The number of benzene rings is 1. The fourth-order valence-corrected chi connectivity index (χ4v) is 4.38. The fraction of sp³-hybridized carbons (Fsp3) is 0.500. The lowest BCUT2D eigenvalue weighted by Crippen LogP contribution is -2.50. The molecule has 2 aliphatic rings. The Morgan fingerprint density at radius 2 is 2.19 bits per heavy atom. The van der Waals surface area contributed by atoms with Crippen LogP contribution in [-0.2, 0) is 15.9 Å². The second kappa shape index (κ2) is 9.89. The quantitative estimate of drug-likeness (QED) is 0.473. The number of methoxy groups -OCH3 is 1. The molecule has 0 aliphatic carbocycles. The molecule has 2 unspecified atom stereocenters. The van der Waals surface area contributed by atoms with Gasteiger partial charge in [0.1, 0.15) is 29.3 Å². The monoisotopic (exact) mass is 461 g/mol. The van der Waals surface area contributed by atoms with Crippen molar-refractivity contribution in [3.05, 3.63) is 40.3 Å². The van der Waals surface area contributed by atoms with E-state index in [1.807, 2.05) is 6.92 Å². The van der Waals surface area contributed by atoms with Crippen molar-refractivity contribution < 1.29 is 19.0 Å². The van der Waals surface area contributed by atoms with Crippen LogP contribution in [0.15, 0.2) is 18.5 Å². The predicted octanol–water partition coefficient (Wildman–Crippen LogP) is 2.31. The summed E-state index contributed by atoms with van der Waals surface area (Å²) in [6.45, 7) is 5.38. The first-order valence-electron chi connectivity index (χ1n) is 10.7. The lowest BCUT2D eigenvalue weighted by molar-refractivity contribution is -0.0722. The molecule has 1 saturated heterocycles. The van der Waals surface area contributed by atoms with Crippen molar-refractivity contribution in [3.8, 4) is 5.75 Å². The SMILES string of the molecule is COC1CN(CCNc2nccnc2C)CCC1OC(=O)c1cc(Cl)c(N)c2c1OCC2. The third-order valence-corrected chi connectivity index (χ3v) is 6.25. The Morgan fingerprint density at radius 1 is 1.38 bits per heavy atom. The smallest absolute Gasteiger partial charge is 0.342 e. The second-order valence-electron chi connectivity index (χ2n) is 7.95. The third-order valence-electron chi connectivity index (χ3n) is 5.94. The van der Waals surface area contributed by atoms with Crippen molar-refractivity contribution >= 4 is 29.1 Å². The van der Waals surface area contributed by atoms with Gasteiger partial charge in [-0.1, -0.05) is 11.6 Å². The molecule has 32 heavy (non-hydrogen) atoms. The van der Waals surface area contributed by atoms with Gasteiger partial charge in [0.25, 0.3) is 0 Å². The highest BCUT2D eigenvalue weighted by Crippen LogP contribution is 2.39. The summed E-state index contributed by atoms with van der Waals surface area (Å²) >= 11 is 6.23. The van der Waals surface area contributed by atoms with Gasteiger partial charge in [0.2, 0.25) is 0 Å². The van der Waals surface area contributed by atoms with Crippen LogP contribution in [0, 0.1) is 6.92 Å². The average molecular weight is 462 g/mol. The van der Waals surface area contributed by atoms with E-state index in [2.05, 4.69) is 20.2 Å². The van der Waals surface area contributed by atoms with Gasteiger partial charge in [-0.15, -0.1) is 0 Å². The number of nitrogens with one attached hydrogen (secondary N) is 1. The molecule has 0 radical (unpaired) electrons. The molecule has 2 aromatic rings. The minimum Gasteiger partial charge on any atom is -0.492 e. The molecule has 2 atom stereocenters. The molecule has 10 heteroatoms. The van der Waals surface area contributed by atoms with Gasteiger partial charge < -0.3 is 25.3 Å². The van der Waals surface area contributed by atoms with Crippen molar-refractivity contribution in [2.45, 2.75) is 32.0 Å². The number of nitrogens with two attached hydrogens (primary N) is 1. The normalized spacial score (nSPS) is 20.5. The van der Waals surface area contributed by atoms with Crippen LogP contribution < -0.4 is 15.8 Å². The summed E-state index contributed by atoms with van der Waals surface area (Å²) in [7, 11) is 1.64. The lowest BCUT2D eigenvalue weighted by Gasteiger charge is -2.37. The van der Waals surface area contributed by atoms with Gasteiger partial charge in [-0.25, -0.2) is 9.78 Å². The number of nitrogens with zero attached hydrogens (tertiary/aromatic N) is 3. The number of carbonyl (C=O) groups excluding carboxylic acids is 1. The van der Waals surface area contributed by atoms with E-state index in [9.17, 15) is 4.79 Å². The molecule has 0 saturated carbocycles. The number of rotatable bonds is 7. The Hall–Kier alpha value is -2.62. The molecular weight excluding hydrogens is 434 g/mol. The Balaban J connectivity index is 1.34. The summed E-state index contributed by atoms with van der Waals surface area (Å²) in [5.41, 5.74) is 8.45. The van der Waals surface area contributed by atoms with Crippen molar-refractivity contribution in [1.29, 1.82) is 0 Å². The molecule has 2 aliphatic heterocycles. The molecule has 1 aromatic carbocycles. The Kier molecular flexibility index (Phi) is 6.98. The number of likely N-dealkylation sites (tertiary alicyclic amines) is 1. The zero-order chi connectivity index (χ0) is 22.7. The maximum Gasteiger partial charge on any atom is 0.342 e. The van der Waals surface area contributed by atoms with Gasteiger partial charge in [-0.3, -0.25) is 9.88 Å². The number of halogens is 1. The van der Waals surface area contributed by atoms with Crippen LogP contribution >= 0.6 is 11.6 Å². The van der Waals surface area contributed by atoms with Crippen LogP contribution in [0.25, 0.3) is 0 Å². The number of aromatic nitrogens is 2. The van der Waals surface area contributed by atoms with Crippen LogP contribution in [-0.4, -0.2) is 72.9 Å². The van der Waals surface area contributed by atoms with Gasteiger partial charge in [0.05, 0.1) is 23.0 Å². The number of hydrogen-bond acceptors (Lipinski definition) is 9. The average Bonchev–Trinajstić information content (AvgIpc) is 3.28. The van der Waals surface area contributed by atoms with Crippen LogP contribution in [0.4, 0.5) is 11.5 Å². The van der Waals surface area contributed by atoms with Crippen molar-refractivity contribution in [2.75, 3.05) is 50.9 Å². The first-order chi connectivity index (χ1) is 15.5. The van der Waals surface area contributed by atoms with E-state index >= 15 is 0 Å². The maximum atomic E-state index is 12.9. The molecule has 0 bridgehead atoms. The molecule has 3 N–H and O–H groups in total. The molecular formula is C22H28ClN5O4. The third kappa shape index (κ3) is 4.74. The number of hydrogen-bond donors (Lipinski definition) is 2. The number of aryl methyl sites for hydroxylation is 1. The van der Waals surface area contributed by atoms with Gasteiger partial charge in [-0.05, 0) is 19.4 Å². The van der Waals surface area contributed by atoms with E-state index in [0.717, 1.165) is 36.7 Å². The summed E-state index contributed by atoms with van der Waals surface area (Å²) in [5.74, 6) is 0.801. The van der Waals surface area contributed by atoms with Crippen LogP contribution in [0.2, 0.25) is 5.02 Å². The molecule has 9 nitrogen and oxygen atoms in total. The van der Waals surface area contributed by atoms with E-state index in [1.165, 1.54) is 6.07 Å². The fourth-order valence-electron chi connectivity index (χ4n) is 4.16. The highest BCUT2D eigenvalue weighted by molar-refractivity contribution is 6.33. The highest BCUT2D eigenvalue weighted by atomic mass is 35.5. The van der Waals surface area contributed by atoms with Crippen molar-refractivity contribution in [2.24, 2.45) is 0 Å². The van der Waals surface area contributed by atoms with E-state index < -0.39 is 5.97 Å². The summed E-state index contributed by atoms with van der Waals surface area (Å²) in [4.78, 5) is 23.8. The van der Waals surface area contributed by atoms with Gasteiger partial charge in [-0.2, -0.15) is 0 Å². The van der Waals surface area contributed by atoms with Crippen molar-refractivity contribution in [3.63, 3.8) is 0 Å². The molecule has 172 valence electrons. The predicted molar refractivity (Wildman–Crippen MR) is 121 cm³/mol. The van der Waals surface area contributed by atoms with E-state index in [-0.39, 0.29) is 12.2 Å². The first kappa shape index (κ1) is 22.6. The van der Waals surface area contributed by atoms with Crippen LogP contribution in [0.5, 0.6) is 5.75 Å². The Labute approximate surface area is 192 Å². The minimum atomic E-state index is -0.467. The van der Waals surface area contributed by atoms with Crippen LogP contribution in [0.3, 0.4) is 0 Å². The van der Waals surface area contributed by atoms with Crippen LogP contribution in [0.1, 0.15) is 28.0 Å². The standard InChI is InChI=1S/C22H28ClN5O4/c1-13-21(26-6-5-25-13)27-7-9-28-8-3-17(18(12-28)30-2)32-22(29)15-11-16(23)19(24)14-4-10-31-20(14)15/h5-6,11,17-18H,3-4,7-10,12,24H2,1-2H3,(H,26,27). The number of ether oxygens (including phenoxy) is 3. The summed E-state index contributed by atoms with van der Waals surface area (Å²) in [6.07, 6.45) is 4.05. The number of anilines is 2. The molecule has 1 fully saturated rings. The minimum absolute atomic E-state index is 0.232. The van der Waals surface area contributed by atoms with E-state index in [0.29, 0.717) is 48.0 Å². The number of fused-ring (bicyclic) bond motifs is 1. The molecule has 0 spiro atoms. The zero-order valence-electron chi connectivity index (χ0n) is 18.3. The second-order valence-corrected chi connectivity index (χ2v) is 8.36. The molecule has 4 rings (SSSR count). The number of carbonyl (C=O) groups is 1. The summed E-state index contributed by atoms with van der Waals surface area (Å²) in [6, 6.07) is 1.53. The summed E-state index contributed by atoms with van der Waals surface area (Å²) in [5, 5.41) is 3.65. The zero-order valence-corrected chi connectivity index (χ0v) is 19.0. The molecule has 1 aromatic heterocycles. The van der Waals surface area contributed by atoms with E-state index in [1.54, 1.807) is 19.5 Å². The molecule has 3 heterocycles. The molecule has 0 amide bonds. The first-order valence-corrected chi connectivity index (χ1v) is 11.1. The van der Waals surface area contributed by atoms with Gasteiger partial charge in [0, 0.05) is 57.7 Å². The van der Waals surface area contributed by atoms with E-state index in [4.69, 9.17) is 31.5 Å². The lowest BCUT2D eigenvalue weighted by atomic mass is 10.0. The topological polar surface area (TPSA) is 112 Å². The maximum absolute atomic E-state index is 12.9. The Bertz CT molecular complexity index is 989. The van der Waals surface area contributed by atoms with Gasteiger partial charge in [0.15, 0.2) is 0 Å². The highest BCUT2D eigenvalue weighted by Gasteiger charge is 2.34. The number of nitrogen functional groups attached to an aromatic ring is 1. The van der Waals surface area contributed by atoms with Gasteiger partial charge >= 0.3 is 5.97 Å². The largest absolute Gasteiger partial charge is 0.492 e.